The summed E-state index contributed by atoms with van der Waals surface area (Å²) in [6, 6.07) is 13.1. The topological polar surface area (TPSA) is 67.2 Å². The van der Waals surface area contributed by atoms with Gasteiger partial charge in [-0.15, -0.1) is 6.58 Å². The molecule has 0 bridgehead atoms. The van der Waals surface area contributed by atoms with Gasteiger partial charge in [0.25, 0.3) is 0 Å². The Hall–Kier alpha value is -3.38. The van der Waals surface area contributed by atoms with E-state index in [1.165, 1.54) is 0 Å². The minimum Gasteiger partial charge on any atom is -0.310 e. The fraction of sp³-hybridized carbons (Fsp3) is 0.174. The molecule has 1 atom stereocenters. The van der Waals surface area contributed by atoms with Gasteiger partial charge in [0, 0.05) is 29.2 Å². The van der Waals surface area contributed by atoms with Crippen molar-refractivity contribution in [2.24, 2.45) is 0 Å². The third kappa shape index (κ3) is 2.47. The van der Waals surface area contributed by atoms with E-state index in [1.54, 1.807) is 34.0 Å². The van der Waals surface area contributed by atoms with Gasteiger partial charge in [-0.05, 0) is 42.8 Å². The first-order chi connectivity index (χ1) is 14.5. The second-order valence-electron chi connectivity index (χ2n) is 7.65. The highest BCUT2D eigenvalue weighted by molar-refractivity contribution is 6.30. The van der Waals surface area contributed by atoms with Gasteiger partial charge in [-0.25, -0.2) is 4.68 Å². The Morgan fingerprint density at radius 2 is 1.97 bits per heavy atom. The smallest absolute Gasteiger partial charge is 0.243 e. The summed E-state index contributed by atoms with van der Waals surface area (Å²) in [7, 11) is 0. The molecule has 0 aliphatic carbocycles. The van der Waals surface area contributed by atoms with E-state index >= 15 is 0 Å². The maximum absolute atomic E-state index is 13.8. The standard InChI is InChI=1S/C23H19ClN4O2/c1-3-10-27-19-9-4-14(2)11-17(19)23(22(27)30)12-20(29)26-21-18(23)13-25-28(21)16-7-5-15(24)6-8-16/h3-9,11,13H,1,10,12H2,2H3,(H,26,29)/t23-/m0/s1. The van der Waals surface area contributed by atoms with E-state index in [-0.39, 0.29) is 18.2 Å². The average Bonchev–Trinajstić information content (AvgIpc) is 3.23. The van der Waals surface area contributed by atoms with E-state index in [2.05, 4.69) is 17.0 Å². The molecule has 1 spiro atoms. The number of rotatable bonds is 3. The van der Waals surface area contributed by atoms with Gasteiger partial charge >= 0.3 is 0 Å². The van der Waals surface area contributed by atoms with E-state index in [0.29, 0.717) is 22.9 Å². The first-order valence-corrected chi connectivity index (χ1v) is 10.0. The third-order valence-electron chi connectivity index (χ3n) is 5.81. The zero-order valence-corrected chi connectivity index (χ0v) is 17.1. The van der Waals surface area contributed by atoms with Crippen LogP contribution in [-0.2, 0) is 15.0 Å². The van der Waals surface area contributed by atoms with Gasteiger partial charge in [0.1, 0.15) is 11.2 Å². The Morgan fingerprint density at radius 3 is 2.70 bits per heavy atom. The van der Waals surface area contributed by atoms with Crippen LogP contribution in [0.4, 0.5) is 11.5 Å². The molecule has 30 heavy (non-hydrogen) atoms. The number of nitrogens with one attached hydrogen (secondary N) is 1. The second-order valence-corrected chi connectivity index (χ2v) is 8.09. The van der Waals surface area contributed by atoms with Gasteiger partial charge in [-0.1, -0.05) is 35.4 Å². The van der Waals surface area contributed by atoms with Crippen molar-refractivity contribution in [3.63, 3.8) is 0 Å². The van der Waals surface area contributed by atoms with Crippen LogP contribution in [-0.4, -0.2) is 28.1 Å². The normalized spacial score (nSPS) is 19.6. The van der Waals surface area contributed by atoms with Crippen molar-refractivity contribution in [1.29, 1.82) is 0 Å². The summed E-state index contributed by atoms with van der Waals surface area (Å²) >= 11 is 6.02. The molecule has 6 nitrogen and oxygen atoms in total. The summed E-state index contributed by atoms with van der Waals surface area (Å²) in [6.45, 7) is 6.15. The van der Waals surface area contributed by atoms with Crippen LogP contribution in [0.2, 0.25) is 5.02 Å². The zero-order valence-electron chi connectivity index (χ0n) is 16.4. The van der Waals surface area contributed by atoms with Gasteiger partial charge in [-0.2, -0.15) is 5.10 Å². The molecule has 3 heterocycles. The molecule has 0 saturated carbocycles. The molecular weight excluding hydrogens is 400 g/mol. The molecule has 3 aromatic rings. The number of hydrogen-bond donors (Lipinski definition) is 1. The minimum atomic E-state index is -1.10. The molecule has 7 heteroatoms. The molecule has 150 valence electrons. The summed E-state index contributed by atoms with van der Waals surface area (Å²) in [5, 5.41) is 8.05. The number of halogens is 1. The summed E-state index contributed by atoms with van der Waals surface area (Å²) in [5.74, 6) is 0.157. The van der Waals surface area contributed by atoms with Gasteiger partial charge in [0.2, 0.25) is 11.8 Å². The SMILES string of the molecule is C=CCN1C(=O)[C@@]2(CC(=O)Nc3c2cnn3-c2ccc(Cl)cc2)c2cc(C)ccc21. The molecule has 0 fully saturated rings. The van der Waals surface area contributed by atoms with Crippen LogP contribution >= 0.6 is 11.6 Å². The van der Waals surface area contributed by atoms with E-state index in [4.69, 9.17) is 11.6 Å². The van der Waals surface area contributed by atoms with Crippen LogP contribution in [0.1, 0.15) is 23.1 Å². The van der Waals surface area contributed by atoms with Crippen LogP contribution in [0.3, 0.4) is 0 Å². The molecule has 2 aromatic carbocycles. The van der Waals surface area contributed by atoms with Crippen molar-refractivity contribution >= 4 is 34.9 Å². The molecule has 1 aromatic heterocycles. The van der Waals surface area contributed by atoms with Crippen LogP contribution in [0.5, 0.6) is 0 Å². The van der Waals surface area contributed by atoms with Crippen molar-refractivity contribution in [1.82, 2.24) is 9.78 Å². The largest absolute Gasteiger partial charge is 0.310 e. The molecule has 2 aliphatic heterocycles. The lowest BCUT2D eigenvalue weighted by Crippen LogP contribution is -2.46. The number of benzene rings is 2. The number of amides is 2. The predicted molar refractivity (Wildman–Crippen MR) is 116 cm³/mol. The summed E-state index contributed by atoms with van der Waals surface area (Å²) in [5.41, 5.74) is 3.01. The molecule has 5 rings (SSSR count). The maximum Gasteiger partial charge on any atom is 0.243 e. The van der Waals surface area contributed by atoms with Crippen molar-refractivity contribution in [3.8, 4) is 5.69 Å². The van der Waals surface area contributed by atoms with E-state index in [9.17, 15) is 9.59 Å². The number of nitrogens with zero attached hydrogens (tertiary/aromatic N) is 3. The second kappa shape index (κ2) is 6.57. The summed E-state index contributed by atoms with van der Waals surface area (Å²) in [4.78, 5) is 28.3. The molecule has 0 unspecified atom stereocenters. The van der Waals surface area contributed by atoms with Gasteiger partial charge in [-0.3, -0.25) is 9.59 Å². The van der Waals surface area contributed by atoms with Gasteiger partial charge in [0.15, 0.2) is 0 Å². The minimum absolute atomic E-state index is 0.0369. The molecule has 1 N–H and O–H groups in total. The number of hydrogen-bond acceptors (Lipinski definition) is 3. The Labute approximate surface area is 178 Å². The first-order valence-electron chi connectivity index (χ1n) is 9.64. The fourth-order valence-electron chi connectivity index (χ4n) is 4.49. The Bertz CT molecular complexity index is 1210. The number of fused-ring (bicyclic) bond motifs is 4. The van der Waals surface area contributed by atoms with E-state index in [1.807, 2.05) is 37.3 Å². The third-order valence-corrected chi connectivity index (χ3v) is 6.06. The number of carbonyl (C=O) groups is 2. The average molecular weight is 419 g/mol. The number of anilines is 2. The highest BCUT2D eigenvalue weighted by Gasteiger charge is 2.57. The Kier molecular flexibility index (Phi) is 4.08. The summed E-state index contributed by atoms with van der Waals surface area (Å²) < 4.78 is 1.64. The van der Waals surface area contributed by atoms with Gasteiger partial charge in [0.05, 0.1) is 11.9 Å². The maximum atomic E-state index is 13.8. The Balaban J connectivity index is 1.76. The lowest BCUT2D eigenvalue weighted by Gasteiger charge is -2.32. The monoisotopic (exact) mass is 418 g/mol. The predicted octanol–water partition coefficient (Wildman–Crippen LogP) is 4.00. The van der Waals surface area contributed by atoms with Crippen molar-refractivity contribution in [2.45, 2.75) is 18.8 Å². The van der Waals surface area contributed by atoms with Gasteiger partial charge < -0.3 is 10.2 Å². The zero-order chi connectivity index (χ0) is 21.0. The van der Waals surface area contributed by atoms with Crippen molar-refractivity contribution < 1.29 is 9.59 Å². The van der Waals surface area contributed by atoms with Crippen LogP contribution in [0, 0.1) is 6.92 Å². The van der Waals surface area contributed by atoms with Crippen LogP contribution in [0.15, 0.2) is 61.3 Å². The number of aromatic nitrogens is 2. The quantitative estimate of drug-likeness (QED) is 0.654. The molecule has 2 amide bonds. The molecule has 0 radical (unpaired) electrons. The first kappa shape index (κ1) is 18.6. The van der Waals surface area contributed by atoms with E-state index < -0.39 is 5.41 Å². The molecule has 2 aliphatic rings. The highest BCUT2D eigenvalue weighted by atomic mass is 35.5. The number of carbonyl (C=O) groups excluding carboxylic acids is 2. The molecular formula is C23H19ClN4O2. The lowest BCUT2D eigenvalue weighted by molar-refractivity contribution is -0.126. The van der Waals surface area contributed by atoms with Crippen LogP contribution < -0.4 is 10.2 Å². The summed E-state index contributed by atoms with van der Waals surface area (Å²) in [6.07, 6.45) is 3.42. The van der Waals surface area contributed by atoms with Crippen molar-refractivity contribution in [3.05, 3.63) is 83.0 Å². The number of aryl methyl sites for hydroxylation is 1. The fourth-order valence-corrected chi connectivity index (χ4v) is 4.62. The van der Waals surface area contributed by atoms with E-state index in [0.717, 1.165) is 22.5 Å². The molecule has 0 saturated heterocycles. The lowest BCUT2D eigenvalue weighted by atomic mass is 9.71. The van der Waals surface area contributed by atoms with Crippen molar-refractivity contribution in [2.75, 3.05) is 16.8 Å². The van der Waals surface area contributed by atoms with Crippen LogP contribution in [0.25, 0.3) is 5.69 Å². The Morgan fingerprint density at radius 1 is 1.20 bits per heavy atom. The highest BCUT2D eigenvalue weighted by Crippen LogP contribution is 2.52.